The van der Waals surface area contributed by atoms with E-state index >= 15 is 0 Å². The number of ether oxygens (including phenoxy) is 2. The third kappa shape index (κ3) is 4.42. The molecule has 2 unspecified atom stereocenters. The van der Waals surface area contributed by atoms with E-state index in [2.05, 4.69) is 5.32 Å². The first-order chi connectivity index (χ1) is 11.9. The molecule has 138 valence electrons. The van der Waals surface area contributed by atoms with Gasteiger partial charge in [-0.15, -0.1) is 0 Å². The summed E-state index contributed by atoms with van der Waals surface area (Å²) in [7, 11) is 7.05. The van der Waals surface area contributed by atoms with Crippen molar-refractivity contribution in [3.8, 4) is 11.5 Å². The van der Waals surface area contributed by atoms with E-state index in [1.54, 1.807) is 37.3 Å². The monoisotopic (exact) mass is 349 g/mol. The van der Waals surface area contributed by atoms with Crippen LogP contribution in [0.5, 0.6) is 11.5 Å². The van der Waals surface area contributed by atoms with Crippen LogP contribution in [0.2, 0.25) is 0 Å². The maximum atomic E-state index is 12.4. The minimum Gasteiger partial charge on any atom is -0.497 e. The number of nitrogens with zero attached hydrogens (tertiary/aromatic N) is 2. The number of carbonyl (C=O) groups excluding carboxylic acids is 2. The van der Waals surface area contributed by atoms with Gasteiger partial charge in [0, 0.05) is 31.6 Å². The molecule has 7 nitrogen and oxygen atoms in total. The number of likely N-dealkylation sites (N-methyl/N-ethyl adjacent to an activating group) is 1. The molecule has 0 aliphatic carbocycles. The lowest BCUT2D eigenvalue weighted by Crippen LogP contribution is -2.41. The first-order valence-electron chi connectivity index (χ1n) is 8.33. The average molecular weight is 349 g/mol. The van der Waals surface area contributed by atoms with E-state index in [4.69, 9.17) is 9.47 Å². The maximum Gasteiger partial charge on any atom is 0.227 e. The topological polar surface area (TPSA) is 71.1 Å². The highest BCUT2D eigenvalue weighted by Crippen LogP contribution is 2.36. The van der Waals surface area contributed by atoms with Crippen molar-refractivity contribution in [2.24, 2.45) is 5.92 Å². The van der Waals surface area contributed by atoms with Gasteiger partial charge < -0.3 is 24.6 Å². The Morgan fingerprint density at radius 1 is 1.36 bits per heavy atom. The molecule has 1 aliphatic heterocycles. The van der Waals surface area contributed by atoms with Gasteiger partial charge in [0.1, 0.15) is 11.5 Å². The molecule has 1 saturated heterocycles. The molecule has 1 fully saturated rings. The van der Waals surface area contributed by atoms with Crippen LogP contribution in [0.15, 0.2) is 18.2 Å². The lowest BCUT2D eigenvalue weighted by atomic mass is 10.1. The summed E-state index contributed by atoms with van der Waals surface area (Å²) < 4.78 is 10.6. The molecule has 1 heterocycles. The first kappa shape index (κ1) is 19.1. The van der Waals surface area contributed by atoms with Gasteiger partial charge in [-0.25, -0.2) is 0 Å². The molecule has 0 bridgehead atoms. The summed E-state index contributed by atoms with van der Waals surface area (Å²) in [5, 5.41) is 2.93. The predicted octanol–water partition coefficient (Wildman–Crippen LogP) is 1.12. The van der Waals surface area contributed by atoms with Crippen LogP contribution in [0.3, 0.4) is 0 Å². The highest BCUT2D eigenvalue weighted by atomic mass is 16.5. The number of rotatable bonds is 7. The van der Waals surface area contributed by atoms with Crippen LogP contribution in [-0.4, -0.2) is 64.2 Å². The Balaban J connectivity index is 2.08. The van der Waals surface area contributed by atoms with Crippen molar-refractivity contribution >= 4 is 17.5 Å². The van der Waals surface area contributed by atoms with Crippen LogP contribution in [0.25, 0.3) is 0 Å². The largest absolute Gasteiger partial charge is 0.497 e. The fourth-order valence-electron chi connectivity index (χ4n) is 2.70. The van der Waals surface area contributed by atoms with Crippen molar-refractivity contribution in [2.45, 2.75) is 19.4 Å². The number of anilines is 1. The van der Waals surface area contributed by atoms with Gasteiger partial charge in [0.25, 0.3) is 0 Å². The zero-order valence-electron chi connectivity index (χ0n) is 15.5. The molecule has 0 saturated carbocycles. The first-order valence-corrected chi connectivity index (χ1v) is 8.33. The van der Waals surface area contributed by atoms with Crippen LogP contribution < -0.4 is 19.7 Å². The van der Waals surface area contributed by atoms with Crippen molar-refractivity contribution in [2.75, 3.05) is 46.3 Å². The Kier molecular flexibility index (Phi) is 6.25. The Hall–Kier alpha value is -2.28. The predicted molar refractivity (Wildman–Crippen MR) is 96.2 cm³/mol. The maximum absolute atomic E-state index is 12.4. The molecular formula is C18H27N3O4. The summed E-state index contributed by atoms with van der Waals surface area (Å²) in [4.78, 5) is 28.5. The number of amides is 2. The molecule has 1 aliphatic rings. The second-order valence-electron chi connectivity index (χ2n) is 6.50. The lowest BCUT2D eigenvalue weighted by molar-refractivity contribution is -0.126. The molecule has 1 aromatic rings. The number of carbonyl (C=O) groups is 2. The van der Waals surface area contributed by atoms with Gasteiger partial charge in [0.2, 0.25) is 11.8 Å². The minimum atomic E-state index is -0.363. The van der Waals surface area contributed by atoms with Crippen LogP contribution in [0, 0.1) is 5.92 Å². The van der Waals surface area contributed by atoms with Crippen molar-refractivity contribution in [1.82, 2.24) is 10.2 Å². The van der Waals surface area contributed by atoms with E-state index in [0.29, 0.717) is 30.3 Å². The van der Waals surface area contributed by atoms with Gasteiger partial charge in [-0.1, -0.05) is 0 Å². The molecule has 25 heavy (non-hydrogen) atoms. The highest BCUT2D eigenvalue weighted by molar-refractivity contribution is 6.01. The summed E-state index contributed by atoms with van der Waals surface area (Å²) in [6, 6.07) is 5.52. The van der Waals surface area contributed by atoms with E-state index in [1.807, 2.05) is 25.9 Å². The Labute approximate surface area is 148 Å². The molecular weight excluding hydrogens is 322 g/mol. The lowest BCUT2D eigenvalue weighted by Gasteiger charge is -2.22. The number of nitrogens with one attached hydrogen (secondary N) is 1. The van der Waals surface area contributed by atoms with Crippen molar-refractivity contribution in [3.63, 3.8) is 0 Å². The second-order valence-corrected chi connectivity index (χ2v) is 6.50. The molecule has 7 heteroatoms. The van der Waals surface area contributed by atoms with Gasteiger partial charge in [-0.05, 0) is 33.2 Å². The fraction of sp³-hybridized carbons (Fsp3) is 0.556. The van der Waals surface area contributed by atoms with Crippen molar-refractivity contribution < 1.29 is 19.1 Å². The van der Waals surface area contributed by atoms with Crippen LogP contribution in [-0.2, 0) is 9.59 Å². The Morgan fingerprint density at radius 2 is 2.08 bits per heavy atom. The average Bonchev–Trinajstić information content (AvgIpc) is 3.00. The number of benzene rings is 1. The molecule has 0 aromatic heterocycles. The summed E-state index contributed by atoms with van der Waals surface area (Å²) >= 11 is 0. The summed E-state index contributed by atoms with van der Waals surface area (Å²) in [5.74, 6) is 0.671. The number of hydrogen-bond donors (Lipinski definition) is 1. The van der Waals surface area contributed by atoms with Gasteiger partial charge in [0.15, 0.2) is 0 Å². The summed E-state index contributed by atoms with van der Waals surface area (Å²) in [6.07, 6.45) is 0.197. The molecule has 0 radical (unpaired) electrons. The zero-order chi connectivity index (χ0) is 18.6. The van der Waals surface area contributed by atoms with Crippen LogP contribution >= 0.6 is 0 Å². The standard InChI is InChI=1S/C18H27N3O4/c1-12(20(2)3)10-19-18(23)13-8-17(22)21(11-13)15-9-14(24-4)6-7-16(15)25-5/h6-7,9,12-13H,8,10-11H2,1-5H3,(H,19,23). The Morgan fingerprint density at radius 3 is 2.68 bits per heavy atom. The summed E-state index contributed by atoms with van der Waals surface area (Å²) in [5.41, 5.74) is 0.629. The van der Waals surface area contributed by atoms with Crippen molar-refractivity contribution in [3.05, 3.63) is 18.2 Å². The molecule has 2 amide bonds. The van der Waals surface area contributed by atoms with E-state index < -0.39 is 0 Å². The quantitative estimate of drug-likeness (QED) is 0.799. The molecule has 0 spiro atoms. The third-order valence-corrected chi connectivity index (χ3v) is 4.63. The van der Waals surface area contributed by atoms with Gasteiger partial charge in [-0.2, -0.15) is 0 Å². The summed E-state index contributed by atoms with van der Waals surface area (Å²) in [6.45, 7) is 2.93. The molecule has 1 N–H and O–H groups in total. The Bertz CT molecular complexity index is 633. The fourth-order valence-corrected chi connectivity index (χ4v) is 2.70. The molecule has 2 rings (SSSR count). The van der Waals surface area contributed by atoms with Crippen molar-refractivity contribution in [1.29, 1.82) is 0 Å². The number of methoxy groups -OCH3 is 2. The third-order valence-electron chi connectivity index (χ3n) is 4.63. The smallest absolute Gasteiger partial charge is 0.227 e. The second kappa shape index (κ2) is 8.20. The van der Waals surface area contributed by atoms with Crippen LogP contribution in [0.4, 0.5) is 5.69 Å². The van der Waals surface area contributed by atoms with Gasteiger partial charge in [-0.3, -0.25) is 9.59 Å². The van der Waals surface area contributed by atoms with E-state index in [0.717, 1.165) is 0 Å². The van der Waals surface area contributed by atoms with Crippen LogP contribution in [0.1, 0.15) is 13.3 Å². The van der Waals surface area contributed by atoms with Gasteiger partial charge in [0.05, 0.1) is 25.8 Å². The highest BCUT2D eigenvalue weighted by Gasteiger charge is 2.36. The van der Waals surface area contributed by atoms with E-state index in [1.165, 1.54) is 0 Å². The number of hydrogen-bond acceptors (Lipinski definition) is 5. The van der Waals surface area contributed by atoms with E-state index in [9.17, 15) is 9.59 Å². The normalized spacial score (nSPS) is 18.4. The van der Waals surface area contributed by atoms with Gasteiger partial charge >= 0.3 is 0 Å². The molecule has 1 aromatic carbocycles. The minimum absolute atomic E-state index is 0.0904. The zero-order valence-corrected chi connectivity index (χ0v) is 15.5. The SMILES string of the molecule is COc1ccc(OC)c(N2CC(C(=O)NCC(C)N(C)C)CC2=O)c1. The molecule has 2 atom stereocenters. The van der Waals surface area contributed by atoms with E-state index in [-0.39, 0.29) is 30.2 Å².